The number of hydrogen-bond donors (Lipinski definition) is 1. The number of rotatable bonds is 2. The van der Waals surface area contributed by atoms with Gasteiger partial charge in [-0.15, -0.1) is 0 Å². The van der Waals surface area contributed by atoms with Gasteiger partial charge < -0.3 is 10.1 Å². The Morgan fingerprint density at radius 1 is 1.29 bits per heavy atom. The van der Waals surface area contributed by atoms with E-state index in [1.807, 2.05) is 5.32 Å². The molecule has 7 heteroatoms. The molecule has 96 valence electrons. The molecule has 2 atom stereocenters. The SMILES string of the molecule is CC(=O)O[C@H]1C=C[C@@H](NC(=O)C(F)(F)F)CC1. The lowest BCUT2D eigenvalue weighted by Crippen LogP contribution is -2.43. The minimum Gasteiger partial charge on any atom is -0.458 e. The van der Waals surface area contributed by atoms with Crippen molar-refractivity contribution in [2.45, 2.75) is 38.1 Å². The van der Waals surface area contributed by atoms with Crippen LogP contribution in [0.4, 0.5) is 13.2 Å². The fraction of sp³-hybridized carbons (Fsp3) is 0.600. The summed E-state index contributed by atoms with van der Waals surface area (Å²) in [5, 5.41) is 1.84. The molecular weight excluding hydrogens is 239 g/mol. The van der Waals surface area contributed by atoms with Crippen LogP contribution in [0.5, 0.6) is 0 Å². The summed E-state index contributed by atoms with van der Waals surface area (Å²) < 4.78 is 40.7. The lowest BCUT2D eigenvalue weighted by atomic mass is 10.0. The van der Waals surface area contributed by atoms with Crippen molar-refractivity contribution in [2.75, 3.05) is 0 Å². The fourth-order valence-electron chi connectivity index (χ4n) is 1.48. The minimum atomic E-state index is -4.87. The molecule has 1 aliphatic rings. The maximum absolute atomic E-state index is 11.9. The van der Waals surface area contributed by atoms with E-state index in [1.54, 1.807) is 0 Å². The van der Waals surface area contributed by atoms with Crippen LogP contribution >= 0.6 is 0 Å². The molecule has 0 spiro atoms. The molecule has 0 unspecified atom stereocenters. The van der Waals surface area contributed by atoms with E-state index in [4.69, 9.17) is 4.74 Å². The zero-order chi connectivity index (χ0) is 13.1. The summed E-state index contributed by atoms with van der Waals surface area (Å²) in [6.07, 6.45) is -1.73. The van der Waals surface area contributed by atoms with Gasteiger partial charge in [0.2, 0.25) is 0 Å². The summed E-state index contributed by atoms with van der Waals surface area (Å²) in [6, 6.07) is -0.670. The first-order valence-electron chi connectivity index (χ1n) is 5.02. The van der Waals surface area contributed by atoms with Gasteiger partial charge in [-0.3, -0.25) is 9.59 Å². The molecular formula is C10H12F3NO3. The molecule has 1 aliphatic carbocycles. The van der Waals surface area contributed by atoms with Crippen molar-refractivity contribution in [3.63, 3.8) is 0 Å². The van der Waals surface area contributed by atoms with Gasteiger partial charge in [0, 0.05) is 13.0 Å². The Balaban J connectivity index is 2.45. The van der Waals surface area contributed by atoms with Gasteiger partial charge in [0.1, 0.15) is 6.10 Å². The first kappa shape index (κ1) is 13.5. The molecule has 1 rings (SSSR count). The van der Waals surface area contributed by atoms with Crippen LogP contribution < -0.4 is 5.32 Å². The van der Waals surface area contributed by atoms with E-state index in [2.05, 4.69) is 0 Å². The normalized spacial score (nSPS) is 24.2. The van der Waals surface area contributed by atoms with Crippen molar-refractivity contribution in [1.29, 1.82) is 0 Å². The molecule has 0 saturated heterocycles. The Morgan fingerprint density at radius 3 is 2.35 bits per heavy atom. The topological polar surface area (TPSA) is 55.4 Å². The largest absolute Gasteiger partial charge is 0.471 e. The number of halogens is 3. The highest BCUT2D eigenvalue weighted by Crippen LogP contribution is 2.18. The lowest BCUT2D eigenvalue weighted by Gasteiger charge is -2.23. The van der Waals surface area contributed by atoms with E-state index in [1.165, 1.54) is 19.1 Å². The predicted octanol–water partition coefficient (Wildman–Crippen LogP) is 1.32. The molecule has 17 heavy (non-hydrogen) atoms. The molecule has 0 aromatic rings. The summed E-state index contributed by atoms with van der Waals surface area (Å²) >= 11 is 0. The highest BCUT2D eigenvalue weighted by Gasteiger charge is 2.39. The quantitative estimate of drug-likeness (QED) is 0.594. The van der Waals surface area contributed by atoms with Crippen LogP contribution in [0.2, 0.25) is 0 Å². The molecule has 1 N–H and O–H groups in total. The summed E-state index contributed by atoms with van der Waals surface area (Å²) in [5.41, 5.74) is 0. The van der Waals surface area contributed by atoms with Crippen molar-refractivity contribution >= 4 is 11.9 Å². The first-order chi connectivity index (χ1) is 7.79. The average molecular weight is 251 g/mol. The third-order valence-electron chi connectivity index (χ3n) is 2.21. The fourth-order valence-corrected chi connectivity index (χ4v) is 1.48. The molecule has 0 radical (unpaired) electrons. The van der Waals surface area contributed by atoms with Crippen LogP contribution in [0.15, 0.2) is 12.2 Å². The van der Waals surface area contributed by atoms with Crippen molar-refractivity contribution in [3.05, 3.63) is 12.2 Å². The van der Waals surface area contributed by atoms with E-state index in [9.17, 15) is 22.8 Å². The monoisotopic (exact) mass is 251 g/mol. The third kappa shape index (κ3) is 4.46. The number of nitrogens with one attached hydrogen (secondary N) is 1. The Bertz CT molecular complexity index is 338. The third-order valence-corrected chi connectivity index (χ3v) is 2.21. The van der Waals surface area contributed by atoms with Crippen molar-refractivity contribution in [2.24, 2.45) is 0 Å². The Hall–Kier alpha value is -1.53. The van der Waals surface area contributed by atoms with E-state index in [0.717, 1.165) is 0 Å². The first-order valence-corrected chi connectivity index (χ1v) is 5.02. The Morgan fingerprint density at radius 2 is 1.94 bits per heavy atom. The average Bonchev–Trinajstić information content (AvgIpc) is 2.18. The Kier molecular flexibility index (Phi) is 4.14. The van der Waals surface area contributed by atoms with Gasteiger partial charge in [-0.25, -0.2) is 0 Å². The van der Waals surface area contributed by atoms with E-state index in [0.29, 0.717) is 12.8 Å². The second kappa shape index (κ2) is 5.20. The van der Waals surface area contributed by atoms with Gasteiger partial charge in [-0.2, -0.15) is 13.2 Å². The van der Waals surface area contributed by atoms with E-state index >= 15 is 0 Å². The number of carbonyl (C=O) groups is 2. The van der Waals surface area contributed by atoms with Gasteiger partial charge in [0.25, 0.3) is 0 Å². The summed E-state index contributed by atoms with van der Waals surface area (Å²) in [7, 11) is 0. The number of amides is 1. The van der Waals surface area contributed by atoms with Crippen LogP contribution in [-0.2, 0) is 14.3 Å². The van der Waals surface area contributed by atoms with Crippen molar-refractivity contribution in [3.8, 4) is 0 Å². The van der Waals surface area contributed by atoms with Crippen LogP contribution in [0.25, 0.3) is 0 Å². The van der Waals surface area contributed by atoms with E-state index < -0.39 is 30.2 Å². The van der Waals surface area contributed by atoms with Gasteiger partial charge in [-0.1, -0.05) is 6.08 Å². The number of hydrogen-bond acceptors (Lipinski definition) is 3. The molecule has 0 saturated carbocycles. The molecule has 0 heterocycles. The molecule has 0 aromatic heterocycles. The highest BCUT2D eigenvalue weighted by molar-refractivity contribution is 5.82. The van der Waals surface area contributed by atoms with Crippen molar-refractivity contribution < 1.29 is 27.5 Å². The summed E-state index contributed by atoms with van der Waals surface area (Å²) in [4.78, 5) is 21.3. The minimum absolute atomic E-state index is 0.302. The van der Waals surface area contributed by atoms with Gasteiger partial charge in [-0.05, 0) is 18.9 Å². The van der Waals surface area contributed by atoms with Crippen LogP contribution in [0.1, 0.15) is 19.8 Å². The zero-order valence-corrected chi connectivity index (χ0v) is 9.08. The summed E-state index contributed by atoms with van der Waals surface area (Å²) in [6.45, 7) is 1.26. The van der Waals surface area contributed by atoms with Crippen LogP contribution in [0, 0.1) is 0 Å². The maximum Gasteiger partial charge on any atom is 0.471 e. The van der Waals surface area contributed by atoms with Gasteiger partial charge in [0.05, 0.1) is 0 Å². The second-order valence-corrected chi connectivity index (χ2v) is 3.69. The highest BCUT2D eigenvalue weighted by atomic mass is 19.4. The molecule has 0 bridgehead atoms. The molecule has 0 aromatic carbocycles. The standard InChI is InChI=1S/C10H12F3NO3/c1-6(15)17-8-4-2-7(3-5-8)14-9(16)10(11,12)13/h2,4,7-8H,3,5H2,1H3,(H,14,16)/t7-,8+/m1/s1. The van der Waals surface area contributed by atoms with Gasteiger partial charge in [0.15, 0.2) is 0 Å². The molecule has 1 amide bonds. The Labute approximate surface area is 95.8 Å². The zero-order valence-electron chi connectivity index (χ0n) is 9.08. The second-order valence-electron chi connectivity index (χ2n) is 3.69. The molecule has 0 aliphatic heterocycles. The van der Waals surface area contributed by atoms with Crippen molar-refractivity contribution in [1.82, 2.24) is 5.32 Å². The number of alkyl halides is 3. The number of carbonyl (C=O) groups excluding carboxylic acids is 2. The van der Waals surface area contributed by atoms with Crippen LogP contribution in [-0.4, -0.2) is 30.2 Å². The maximum atomic E-state index is 11.9. The van der Waals surface area contributed by atoms with Gasteiger partial charge >= 0.3 is 18.1 Å². The predicted molar refractivity (Wildman–Crippen MR) is 51.9 cm³/mol. The smallest absolute Gasteiger partial charge is 0.458 e. The lowest BCUT2D eigenvalue weighted by molar-refractivity contribution is -0.174. The van der Waals surface area contributed by atoms with E-state index in [-0.39, 0.29) is 0 Å². The van der Waals surface area contributed by atoms with Crippen LogP contribution in [0.3, 0.4) is 0 Å². The summed E-state index contributed by atoms with van der Waals surface area (Å²) in [5.74, 6) is -2.41. The number of ether oxygens (including phenoxy) is 1. The molecule has 4 nitrogen and oxygen atoms in total. The molecule has 0 fully saturated rings. The number of esters is 1.